The molecule has 2 heterocycles. The van der Waals surface area contributed by atoms with Crippen LogP contribution in [0.3, 0.4) is 0 Å². The van der Waals surface area contributed by atoms with Gasteiger partial charge < -0.3 is 34.9 Å². The van der Waals surface area contributed by atoms with E-state index in [9.17, 15) is 14.7 Å². The Morgan fingerprint density at radius 3 is 2.78 bits per heavy atom. The van der Waals surface area contributed by atoms with Crippen LogP contribution < -0.4 is 15.8 Å². The third-order valence-electron chi connectivity index (χ3n) is 5.40. The smallest absolute Gasteiger partial charge is 0.256 e. The highest BCUT2D eigenvalue weighted by atomic mass is 16.7. The van der Waals surface area contributed by atoms with Gasteiger partial charge in [-0.05, 0) is 44.2 Å². The van der Waals surface area contributed by atoms with Crippen molar-refractivity contribution in [1.82, 2.24) is 10.5 Å². The summed E-state index contributed by atoms with van der Waals surface area (Å²) in [5, 5.41) is 17.1. The van der Waals surface area contributed by atoms with Gasteiger partial charge in [-0.25, -0.2) is 0 Å². The minimum Gasteiger partial charge on any atom is -0.496 e. The first kappa shape index (κ1) is 21.4. The van der Waals surface area contributed by atoms with Crippen LogP contribution in [0.2, 0.25) is 0 Å². The molecular weight excluding hydrogens is 418 g/mol. The van der Waals surface area contributed by atoms with Crippen LogP contribution >= 0.6 is 0 Å². The molecule has 1 unspecified atom stereocenters. The first-order chi connectivity index (χ1) is 15.1. The molecule has 0 saturated carbocycles. The molecule has 1 aliphatic carbocycles. The van der Waals surface area contributed by atoms with E-state index in [1.165, 1.54) is 19.4 Å². The van der Waals surface area contributed by atoms with Gasteiger partial charge in [0.1, 0.15) is 29.0 Å². The number of carbonyl (C=O) groups excluding carboxylic acids is 2. The maximum absolute atomic E-state index is 13.3. The van der Waals surface area contributed by atoms with E-state index < -0.39 is 23.0 Å². The highest BCUT2D eigenvalue weighted by Gasteiger charge is 2.42. The zero-order chi connectivity index (χ0) is 23.1. The number of methoxy groups -OCH3 is 1. The summed E-state index contributed by atoms with van der Waals surface area (Å²) in [5.41, 5.74) is 4.43. The van der Waals surface area contributed by atoms with Crippen LogP contribution in [-0.2, 0) is 19.9 Å². The number of ether oxygens (including phenoxy) is 3. The summed E-state index contributed by atoms with van der Waals surface area (Å²) in [6.45, 7) is 3.24. The Kier molecular flexibility index (Phi) is 5.17. The molecule has 2 aromatic rings. The first-order valence-electron chi connectivity index (χ1n) is 9.80. The topological polar surface area (TPSA) is 146 Å². The molecule has 0 spiro atoms. The minimum atomic E-state index is -1.50. The number of hydrogen-bond donors (Lipinski definition) is 3. The molecule has 168 valence electrons. The number of carbonyl (C=O) groups is 2. The Bertz CT molecular complexity index is 1140. The molecule has 4 N–H and O–H groups in total. The van der Waals surface area contributed by atoms with Crippen LogP contribution in [0.4, 0.5) is 0 Å². The lowest BCUT2D eigenvalue weighted by Crippen LogP contribution is -2.57. The van der Waals surface area contributed by atoms with Gasteiger partial charge in [0, 0.05) is 12.0 Å². The number of benzene rings is 1. The van der Waals surface area contributed by atoms with Crippen LogP contribution in [-0.4, -0.2) is 41.5 Å². The van der Waals surface area contributed by atoms with Crippen molar-refractivity contribution < 1.29 is 33.4 Å². The summed E-state index contributed by atoms with van der Waals surface area (Å²) in [5.74, 6) is -0.131. The van der Waals surface area contributed by atoms with E-state index in [0.717, 1.165) is 0 Å². The number of allylic oxidation sites excluding steroid dienone is 1. The summed E-state index contributed by atoms with van der Waals surface area (Å²) in [6, 6.07) is 4.82. The first-order valence-corrected chi connectivity index (χ1v) is 9.80. The molecule has 0 fully saturated rings. The summed E-state index contributed by atoms with van der Waals surface area (Å²) in [7, 11) is 1.43. The molecule has 1 aromatic heterocycles. The number of aromatic nitrogens is 1. The van der Waals surface area contributed by atoms with E-state index in [1.54, 1.807) is 38.1 Å². The van der Waals surface area contributed by atoms with Gasteiger partial charge in [-0.2, -0.15) is 0 Å². The van der Waals surface area contributed by atoms with Gasteiger partial charge in [0.05, 0.1) is 23.8 Å². The van der Waals surface area contributed by atoms with E-state index in [0.29, 0.717) is 28.3 Å². The highest BCUT2D eigenvalue weighted by Crippen LogP contribution is 2.35. The Morgan fingerprint density at radius 2 is 2.09 bits per heavy atom. The van der Waals surface area contributed by atoms with Gasteiger partial charge >= 0.3 is 0 Å². The maximum atomic E-state index is 13.3. The molecule has 0 radical (unpaired) electrons. The molecule has 1 atom stereocenters. The SMILES string of the molecule is COc1ccc(-c2nocc2C(C)(C)O)cc1C(=O)NC1(C(N)=O)C=CC2=C(C1)OCO2. The summed E-state index contributed by atoms with van der Waals surface area (Å²) < 4.78 is 21.1. The third kappa shape index (κ3) is 3.69. The second-order valence-corrected chi connectivity index (χ2v) is 8.04. The number of primary amides is 1. The summed E-state index contributed by atoms with van der Waals surface area (Å²) in [6.07, 6.45) is 4.41. The van der Waals surface area contributed by atoms with Crippen molar-refractivity contribution in [1.29, 1.82) is 0 Å². The number of nitrogens with zero attached hydrogens (tertiary/aromatic N) is 1. The van der Waals surface area contributed by atoms with E-state index in [4.69, 9.17) is 24.5 Å². The number of rotatable bonds is 6. The molecule has 32 heavy (non-hydrogen) atoms. The zero-order valence-corrected chi connectivity index (χ0v) is 17.8. The molecule has 0 bridgehead atoms. The van der Waals surface area contributed by atoms with Gasteiger partial charge in [-0.15, -0.1) is 0 Å². The molecular formula is C22H23N3O7. The van der Waals surface area contributed by atoms with Gasteiger partial charge in [0.25, 0.3) is 5.91 Å². The van der Waals surface area contributed by atoms with E-state index in [1.807, 2.05) is 0 Å². The van der Waals surface area contributed by atoms with Crippen molar-refractivity contribution in [3.63, 3.8) is 0 Å². The standard InChI is InChI=1S/C22H23N3O7/c1-21(2,28)14-10-32-25-18(14)12-4-5-15(29-3)13(8-12)19(26)24-22(20(23)27)7-6-16-17(9-22)31-11-30-16/h4-8,10,28H,9,11H2,1-3H3,(H2,23,27)(H,24,26). The Hall–Kier alpha value is -3.79. The Balaban J connectivity index is 1.69. The fourth-order valence-electron chi connectivity index (χ4n) is 3.62. The van der Waals surface area contributed by atoms with E-state index in [-0.39, 0.29) is 24.5 Å². The molecule has 10 heteroatoms. The largest absolute Gasteiger partial charge is 0.496 e. The lowest BCUT2D eigenvalue weighted by atomic mass is 9.88. The normalized spacial score (nSPS) is 19.8. The predicted octanol–water partition coefficient (Wildman–Crippen LogP) is 1.71. The number of nitrogens with two attached hydrogens (primary N) is 1. The Morgan fingerprint density at radius 1 is 1.31 bits per heavy atom. The number of hydrogen-bond acceptors (Lipinski definition) is 8. The fourth-order valence-corrected chi connectivity index (χ4v) is 3.62. The second kappa shape index (κ2) is 7.72. The van der Waals surface area contributed by atoms with Crippen molar-refractivity contribution in [3.05, 3.63) is 59.3 Å². The van der Waals surface area contributed by atoms with Crippen LogP contribution in [0.25, 0.3) is 11.3 Å². The van der Waals surface area contributed by atoms with Crippen molar-refractivity contribution in [2.45, 2.75) is 31.4 Å². The quantitative estimate of drug-likeness (QED) is 0.614. The molecule has 1 aliphatic heterocycles. The second-order valence-electron chi connectivity index (χ2n) is 8.04. The van der Waals surface area contributed by atoms with Gasteiger partial charge in [-0.1, -0.05) is 5.16 Å². The molecule has 0 saturated heterocycles. The van der Waals surface area contributed by atoms with Crippen molar-refractivity contribution in [2.24, 2.45) is 5.73 Å². The van der Waals surface area contributed by atoms with Gasteiger partial charge in [0.15, 0.2) is 5.76 Å². The van der Waals surface area contributed by atoms with Crippen LogP contribution in [0.15, 0.2) is 52.7 Å². The molecule has 4 rings (SSSR count). The van der Waals surface area contributed by atoms with Crippen molar-refractivity contribution in [2.75, 3.05) is 13.9 Å². The zero-order valence-electron chi connectivity index (χ0n) is 17.8. The number of aliphatic hydroxyl groups is 1. The molecule has 2 aliphatic rings. The maximum Gasteiger partial charge on any atom is 0.256 e. The minimum absolute atomic E-state index is 0.0219. The van der Waals surface area contributed by atoms with E-state index in [2.05, 4.69) is 10.5 Å². The van der Waals surface area contributed by atoms with Gasteiger partial charge in [-0.3, -0.25) is 9.59 Å². The average Bonchev–Trinajstić information content (AvgIpc) is 3.42. The average molecular weight is 441 g/mol. The molecule has 10 nitrogen and oxygen atoms in total. The highest BCUT2D eigenvalue weighted by molar-refractivity contribution is 6.02. The lowest BCUT2D eigenvalue weighted by molar-refractivity contribution is -0.122. The lowest BCUT2D eigenvalue weighted by Gasteiger charge is -2.30. The van der Waals surface area contributed by atoms with Crippen molar-refractivity contribution >= 4 is 11.8 Å². The summed E-state index contributed by atoms with van der Waals surface area (Å²) >= 11 is 0. The van der Waals surface area contributed by atoms with Crippen LogP contribution in [0, 0.1) is 0 Å². The monoisotopic (exact) mass is 441 g/mol. The van der Waals surface area contributed by atoms with Crippen molar-refractivity contribution in [3.8, 4) is 17.0 Å². The van der Waals surface area contributed by atoms with Crippen LogP contribution in [0.5, 0.6) is 5.75 Å². The summed E-state index contributed by atoms with van der Waals surface area (Å²) in [4.78, 5) is 25.6. The number of amides is 2. The molecule has 2 amide bonds. The number of nitrogens with one attached hydrogen (secondary N) is 1. The van der Waals surface area contributed by atoms with E-state index >= 15 is 0 Å². The Labute approximate surface area is 183 Å². The van der Waals surface area contributed by atoms with Crippen LogP contribution in [0.1, 0.15) is 36.2 Å². The van der Waals surface area contributed by atoms with Gasteiger partial charge in [0.2, 0.25) is 12.7 Å². The predicted molar refractivity (Wildman–Crippen MR) is 111 cm³/mol. The molecule has 1 aromatic carbocycles. The third-order valence-corrected chi connectivity index (χ3v) is 5.40. The fraction of sp³-hybridized carbons (Fsp3) is 0.318.